The van der Waals surface area contributed by atoms with E-state index < -0.39 is 61.0 Å². The topological polar surface area (TPSA) is 90.5 Å². The third-order valence-corrected chi connectivity index (χ3v) is 4.60. The van der Waals surface area contributed by atoms with Gasteiger partial charge in [-0.25, -0.2) is 0 Å². The molecule has 0 saturated heterocycles. The highest BCUT2D eigenvalue weighted by Gasteiger charge is 2.57. The molecule has 1 aromatic rings. The minimum atomic E-state index is -5.93. The number of carbonyl (C=O) groups is 3. The Balaban J connectivity index is 2.12. The third kappa shape index (κ3) is 6.44. The van der Waals surface area contributed by atoms with Crippen molar-refractivity contribution in [3.8, 4) is 0 Å². The van der Waals surface area contributed by atoms with E-state index in [1.165, 1.54) is 29.6 Å². The molecular weight excluding hydrogens is 472 g/mol. The van der Waals surface area contributed by atoms with Gasteiger partial charge >= 0.3 is 18.3 Å². The second-order valence-electron chi connectivity index (χ2n) is 7.14. The van der Waals surface area contributed by atoms with Gasteiger partial charge in [0.2, 0.25) is 11.8 Å². The van der Waals surface area contributed by atoms with Crippen molar-refractivity contribution < 1.29 is 49.5 Å². The molecule has 1 aliphatic heterocycles. The summed E-state index contributed by atoms with van der Waals surface area (Å²) in [6.45, 7) is -3.31. The first-order chi connectivity index (χ1) is 15.0. The van der Waals surface area contributed by atoms with E-state index in [0.29, 0.717) is 4.90 Å². The molecule has 0 saturated carbocycles. The van der Waals surface area contributed by atoms with Crippen molar-refractivity contribution >= 4 is 29.1 Å². The predicted octanol–water partition coefficient (Wildman–Crippen LogP) is 2.44. The van der Waals surface area contributed by atoms with Crippen LogP contribution in [-0.4, -0.2) is 61.7 Å². The summed E-state index contributed by atoms with van der Waals surface area (Å²) in [6, 6.07) is 3.92. The first-order valence-electron chi connectivity index (χ1n) is 9.27. The molecule has 33 heavy (non-hydrogen) atoms. The molecule has 2 rings (SSSR count). The summed E-state index contributed by atoms with van der Waals surface area (Å²) in [5.74, 6) is -11.0. The number of para-hydroxylation sites is 2. The van der Waals surface area contributed by atoms with Gasteiger partial charge in [-0.1, -0.05) is 12.1 Å². The van der Waals surface area contributed by atoms with E-state index >= 15 is 0 Å². The molecule has 15 heteroatoms. The van der Waals surface area contributed by atoms with Crippen LogP contribution in [0.25, 0.3) is 0 Å². The third-order valence-electron chi connectivity index (χ3n) is 4.60. The van der Waals surface area contributed by atoms with Crippen molar-refractivity contribution in [3.05, 3.63) is 24.3 Å². The molecule has 0 aliphatic carbocycles. The van der Waals surface area contributed by atoms with Crippen LogP contribution in [0.15, 0.2) is 24.3 Å². The van der Waals surface area contributed by atoms with Crippen LogP contribution in [0.5, 0.6) is 0 Å². The van der Waals surface area contributed by atoms with E-state index in [2.05, 4.69) is 5.32 Å². The zero-order chi connectivity index (χ0) is 25.2. The fourth-order valence-electron chi connectivity index (χ4n) is 2.79. The van der Waals surface area contributed by atoms with Gasteiger partial charge in [0.25, 0.3) is 5.91 Å². The van der Waals surface area contributed by atoms with Crippen molar-refractivity contribution in [2.45, 2.75) is 31.2 Å². The monoisotopic (exact) mass is 490 g/mol. The van der Waals surface area contributed by atoms with Crippen molar-refractivity contribution in [1.82, 2.24) is 10.6 Å². The van der Waals surface area contributed by atoms with Crippen LogP contribution in [-0.2, 0) is 14.4 Å². The minimum absolute atomic E-state index is 0.114. The van der Waals surface area contributed by atoms with Gasteiger partial charge in [-0.2, -0.15) is 35.1 Å². The first kappa shape index (κ1) is 26.1. The zero-order valence-electron chi connectivity index (χ0n) is 16.8. The Morgan fingerprint density at radius 1 is 1.09 bits per heavy atom. The first-order valence-corrected chi connectivity index (χ1v) is 9.27. The molecule has 184 valence electrons. The van der Waals surface area contributed by atoms with Gasteiger partial charge in [0.05, 0.1) is 17.9 Å². The largest absolute Gasteiger partial charge is 0.455 e. The number of alkyl halides is 8. The standard InChI is InChI=1S/C18H18F8N4O3/c1-9(13(31)28-7-16(19,20)18(24,25)26)14(32)29-11-6-27-10-4-2-3-5-12(10)30(15(11)33)8-17(21,22)23/h2-5,9,11,27H,6-8H2,1H3,(H,28,31)(H,29,32)/t9?,11-/m0/s1. The second-order valence-corrected chi connectivity index (χ2v) is 7.14. The molecule has 0 spiro atoms. The molecular formula is C18H18F8N4O3. The average molecular weight is 490 g/mol. The summed E-state index contributed by atoms with van der Waals surface area (Å²) in [7, 11) is 0. The number of nitrogens with one attached hydrogen (secondary N) is 3. The molecule has 1 heterocycles. The molecule has 0 aromatic heterocycles. The van der Waals surface area contributed by atoms with E-state index in [4.69, 9.17) is 0 Å². The van der Waals surface area contributed by atoms with Gasteiger partial charge < -0.3 is 16.0 Å². The number of benzene rings is 1. The second kappa shape index (κ2) is 9.39. The lowest BCUT2D eigenvalue weighted by Crippen LogP contribution is -2.55. The Kier molecular flexibility index (Phi) is 7.43. The smallest absolute Gasteiger partial charge is 0.381 e. The van der Waals surface area contributed by atoms with Crippen LogP contribution < -0.4 is 20.9 Å². The van der Waals surface area contributed by atoms with Gasteiger partial charge in [0.15, 0.2) is 0 Å². The lowest BCUT2D eigenvalue weighted by Gasteiger charge is -2.27. The summed E-state index contributed by atoms with van der Waals surface area (Å²) >= 11 is 0. The van der Waals surface area contributed by atoms with Crippen LogP contribution in [0.4, 0.5) is 46.5 Å². The Hall–Kier alpha value is -3.13. The van der Waals surface area contributed by atoms with Gasteiger partial charge in [0.1, 0.15) is 18.5 Å². The Morgan fingerprint density at radius 2 is 1.70 bits per heavy atom. The van der Waals surface area contributed by atoms with E-state index in [9.17, 15) is 49.5 Å². The highest BCUT2D eigenvalue weighted by Crippen LogP contribution is 2.35. The average Bonchev–Trinajstić information content (AvgIpc) is 2.82. The van der Waals surface area contributed by atoms with Crippen LogP contribution >= 0.6 is 0 Å². The maximum Gasteiger partial charge on any atom is 0.455 e. The minimum Gasteiger partial charge on any atom is -0.381 e. The highest BCUT2D eigenvalue weighted by molar-refractivity contribution is 6.06. The van der Waals surface area contributed by atoms with Gasteiger partial charge in [-0.3, -0.25) is 19.3 Å². The number of hydrogen-bond acceptors (Lipinski definition) is 4. The quantitative estimate of drug-likeness (QED) is 0.422. The molecule has 0 bridgehead atoms. The molecule has 3 N–H and O–H groups in total. The molecule has 0 fully saturated rings. The summed E-state index contributed by atoms with van der Waals surface area (Å²) in [6.07, 6.45) is -10.7. The molecule has 2 atom stereocenters. The highest BCUT2D eigenvalue weighted by atomic mass is 19.4. The number of hydrogen-bond donors (Lipinski definition) is 3. The van der Waals surface area contributed by atoms with Crippen molar-refractivity contribution in [3.63, 3.8) is 0 Å². The van der Waals surface area contributed by atoms with E-state index in [1.54, 1.807) is 0 Å². The maximum absolute atomic E-state index is 13.0. The van der Waals surface area contributed by atoms with Gasteiger partial charge in [-0.15, -0.1) is 0 Å². The lowest BCUT2D eigenvalue weighted by molar-refractivity contribution is -0.278. The number of fused-ring (bicyclic) bond motifs is 1. The van der Waals surface area contributed by atoms with Gasteiger partial charge in [-0.05, 0) is 19.1 Å². The predicted molar refractivity (Wildman–Crippen MR) is 98.4 cm³/mol. The molecule has 7 nitrogen and oxygen atoms in total. The Bertz CT molecular complexity index is 903. The molecule has 0 radical (unpaired) electrons. The number of carbonyl (C=O) groups excluding carboxylic acids is 3. The molecule has 1 aromatic carbocycles. The fraction of sp³-hybridized carbons (Fsp3) is 0.500. The van der Waals surface area contributed by atoms with E-state index in [0.717, 1.165) is 6.92 Å². The summed E-state index contributed by atoms with van der Waals surface area (Å²) < 4.78 is 102. The van der Waals surface area contributed by atoms with Crippen LogP contribution in [0, 0.1) is 5.92 Å². The van der Waals surface area contributed by atoms with Crippen molar-refractivity contribution in [2.24, 2.45) is 5.92 Å². The summed E-state index contributed by atoms with van der Waals surface area (Å²) in [5, 5.41) is 6.02. The Labute approximate surface area is 181 Å². The van der Waals surface area contributed by atoms with Gasteiger partial charge in [0, 0.05) is 6.54 Å². The normalized spacial score (nSPS) is 18.0. The summed E-state index contributed by atoms with van der Waals surface area (Å²) in [4.78, 5) is 37.3. The fourth-order valence-corrected chi connectivity index (χ4v) is 2.79. The maximum atomic E-state index is 13.0. The van der Waals surface area contributed by atoms with E-state index in [1.807, 2.05) is 5.32 Å². The van der Waals surface area contributed by atoms with E-state index in [-0.39, 0.29) is 17.9 Å². The van der Waals surface area contributed by atoms with Crippen LogP contribution in [0.1, 0.15) is 6.92 Å². The Morgan fingerprint density at radius 3 is 2.27 bits per heavy atom. The number of rotatable bonds is 6. The SMILES string of the molecule is CC(C(=O)NCC(F)(F)C(F)(F)F)C(=O)N[C@H]1CNc2ccccc2N(CC(F)(F)F)C1=O. The number of nitrogens with zero attached hydrogens (tertiary/aromatic N) is 1. The van der Waals surface area contributed by atoms with Crippen LogP contribution in [0.3, 0.4) is 0 Å². The molecule has 3 amide bonds. The van der Waals surface area contributed by atoms with Crippen LogP contribution in [0.2, 0.25) is 0 Å². The number of halogens is 8. The lowest BCUT2D eigenvalue weighted by atomic mass is 10.1. The van der Waals surface area contributed by atoms with Crippen molar-refractivity contribution in [1.29, 1.82) is 0 Å². The number of amides is 3. The zero-order valence-corrected chi connectivity index (χ0v) is 16.8. The summed E-state index contributed by atoms with van der Waals surface area (Å²) in [5.41, 5.74) is 0.0452. The number of anilines is 2. The molecule has 1 aliphatic rings. The molecule has 1 unspecified atom stereocenters. The van der Waals surface area contributed by atoms with Crippen molar-refractivity contribution in [2.75, 3.05) is 29.9 Å².